The van der Waals surface area contributed by atoms with Crippen molar-refractivity contribution in [3.63, 3.8) is 0 Å². The molecule has 1 aromatic carbocycles. The van der Waals surface area contributed by atoms with Crippen LogP contribution in [-0.2, 0) is 11.2 Å². The van der Waals surface area contributed by atoms with Gasteiger partial charge >= 0.3 is 5.97 Å². The smallest absolute Gasteiger partial charge is 0.308 e. The van der Waals surface area contributed by atoms with Gasteiger partial charge in [-0.05, 0) is 18.2 Å². The van der Waals surface area contributed by atoms with Crippen molar-refractivity contribution in [2.45, 2.75) is 6.42 Å². The van der Waals surface area contributed by atoms with E-state index in [0.717, 1.165) is 16.3 Å². The summed E-state index contributed by atoms with van der Waals surface area (Å²) in [4.78, 5) is 29.4. The van der Waals surface area contributed by atoms with Crippen LogP contribution in [0.5, 0.6) is 0 Å². The number of benzene rings is 1. The number of carboxylic acids is 1. The van der Waals surface area contributed by atoms with Crippen LogP contribution in [0.2, 0.25) is 0 Å². The SMILES string of the molecule is O=C(O)Cc1cc2cc3ccccc3nc2[nH]c1=O. The minimum atomic E-state index is -1.03. The second kappa shape index (κ2) is 4.20. The molecule has 0 spiro atoms. The number of rotatable bonds is 2. The van der Waals surface area contributed by atoms with E-state index in [1.165, 1.54) is 0 Å². The number of carbonyl (C=O) groups is 1. The lowest BCUT2D eigenvalue weighted by Crippen LogP contribution is -2.16. The van der Waals surface area contributed by atoms with Crippen LogP contribution < -0.4 is 5.56 Å². The molecule has 0 unspecified atom stereocenters. The molecule has 0 saturated carbocycles. The van der Waals surface area contributed by atoms with E-state index < -0.39 is 11.5 Å². The molecule has 2 aromatic heterocycles. The third kappa shape index (κ3) is 2.06. The molecule has 0 saturated heterocycles. The van der Waals surface area contributed by atoms with Crippen molar-refractivity contribution in [1.82, 2.24) is 9.97 Å². The normalized spacial score (nSPS) is 10.9. The van der Waals surface area contributed by atoms with Gasteiger partial charge in [-0.2, -0.15) is 0 Å². The van der Waals surface area contributed by atoms with E-state index in [2.05, 4.69) is 9.97 Å². The van der Waals surface area contributed by atoms with Crippen LogP contribution in [0.1, 0.15) is 5.56 Å². The van der Waals surface area contributed by atoms with Crippen LogP contribution in [0.3, 0.4) is 0 Å². The fraction of sp³-hybridized carbons (Fsp3) is 0.0714. The van der Waals surface area contributed by atoms with Crippen LogP contribution in [0.25, 0.3) is 21.9 Å². The third-order valence-corrected chi connectivity index (χ3v) is 2.95. The van der Waals surface area contributed by atoms with Gasteiger partial charge in [0.15, 0.2) is 0 Å². The van der Waals surface area contributed by atoms with Gasteiger partial charge in [0, 0.05) is 16.3 Å². The Balaban J connectivity index is 2.29. The number of hydrogen-bond acceptors (Lipinski definition) is 3. The number of H-pyrrole nitrogens is 1. The number of aliphatic carboxylic acids is 1. The standard InChI is InChI=1S/C14H10N2O3/c17-12(18)7-10-6-9-5-8-3-1-2-4-11(8)15-13(9)16-14(10)19/h1-6H,7H2,(H,17,18)(H,15,16,19). The number of aromatic amines is 1. The van der Waals surface area contributed by atoms with Crippen molar-refractivity contribution < 1.29 is 9.90 Å². The molecule has 0 radical (unpaired) electrons. The summed E-state index contributed by atoms with van der Waals surface area (Å²) in [7, 11) is 0. The average molecular weight is 254 g/mol. The molecule has 94 valence electrons. The van der Waals surface area contributed by atoms with E-state index in [0.29, 0.717) is 5.65 Å². The zero-order valence-corrected chi connectivity index (χ0v) is 9.88. The molecular weight excluding hydrogens is 244 g/mol. The zero-order chi connectivity index (χ0) is 13.4. The van der Waals surface area contributed by atoms with Gasteiger partial charge in [0.2, 0.25) is 0 Å². The Labute approximate surface area is 107 Å². The Morgan fingerprint density at radius 1 is 1.21 bits per heavy atom. The highest BCUT2D eigenvalue weighted by Crippen LogP contribution is 2.17. The fourth-order valence-electron chi connectivity index (χ4n) is 2.08. The second-order valence-corrected chi connectivity index (χ2v) is 4.31. The van der Waals surface area contributed by atoms with Crippen LogP contribution in [-0.4, -0.2) is 21.0 Å². The predicted molar refractivity (Wildman–Crippen MR) is 71.2 cm³/mol. The number of aromatic nitrogens is 2. The Bertz CT molecular complexity index is 852. The van der Waals surface area contributed by atoms with Gasteiger partial charge in [0.25, 0.3) is 5.56 Å². The monoisotopic (exact) mass is 254 g/mol. The highest BCUT2D eigenvalue weighted by atomic mass is 16.4. The molecule has 3 rings (SSSR count). The maximum atomic E-state index is 11.7. The van der Waals surface area contributed by atoms with Gasteiger partial charge in [-0.3, -0.25) is 9.59 Å². The minimum absolute atomic E-state index is 0.233. The first kappa shape index (κ1) is 11.4. The predicted octanol–water partition coefficient (Wildman–Crippen LogP) is 1.70. The van der Waals surface area contributed by atoms with Crippen LogP contribution in [0.15, 0.2) is 41.2 Å². The van der Waals surface area contributed by atoms with Gasteiger partial charge in [-0.1, -0.05) is 18.2 Å². The molecule has 0 aliphatic rings. The molecule has 5 nitrogen and oxygen atoms in total. The Kier molecular flexibility index (Phi) is 2.52. The number of carboxylic acid groups (broad SMARTS) is 1. The number of pyridine rings is 2. The fourth-order valence-corrected chi connectivity index (χ4v) is 2.08. The molecule has 0 amide bonds. The van der Waals surface area contributed by atoms with Crippen LogP contribution >= 0.6 is 0 Å². The summed E-state index contributed by atoms with van der Waals surface area (Å²) in [6, 6.07) is 11.0. The molecule has 0 atom stereocenters. The van der Waals surface area contributed by atoms with E-state index in [1.54, 1.807) is 6.07 Å². The summed E-state index contributed by atoms with van der Waals surface area (Å²) < 4.78 is 0. The van der Waals surface area contributed by atoms with Crippen molar-refractivity contribution in [3.8, 4) is 0 Å². The molecule has 0 aliphatic heterocycles. The molecular formula is C14H10N2O3. The summed E-state index contributed by atoms with van der Waals surface area (Å²) in [5, 5.41) is 10.4. The van der Waals surface area contributed by atoms with Crippen molar-refractivity contribution in [3.05, 3.63) is 52.3 Å². The first-order chi connectivity index (χ1) is 9.13. The van der Waals surface area contributed by atoms with E-state index in [-0.39, 0.29) is 12.0 Å². The lowest BCUT2D eigenvalue weighted by atomic mass is 10.1. The Morgan fingerprint density at radius 2 is 2.00 bits per heavy atom. The molecule has 0 aliphatic carbocycles. The molecule has 0 fully saturated rings. The molecule has 2 heterocycles. The van der Waals surface area contributed by atoms with Crippen molar-refractivity contribution >= 4 is 27.9 Å². The third-order valence-electron chi connectivity index (χ3n) is 2.95. The van der Waals surface area contributed by atoms with Crippen molar-refractivity contribution in [1.29, 1.82) is 0 Å². The summed E-state index contributed by atoms with van der Waals surface area (Å²) in [6.45, 7) is 0. The zero-order valence-electron chi connectivity index (χ0n) is 9.88. The number of nitrogens with one attached hydrogen (secondary N) is 1. The summed E-state index contributed by atoms with van der Waals surface area (Å²) >= 11 is 0. The highest BCUT2D eigenvalue weighted by molar-refractivity contribution is 5.91. The number of nitrogens with zero attached hydrogens (tertiary/aromatic N) is 1. The highest BCUT2D eigenvalue weighted by Gasteiger charge is 2.08. The summed E-state index contributed by atoms with van der Waals surface area (Å²) in [5.74, 6) is -1.03. The van der Waals surface area contributed by atoms with E-state index in [4.69, 9.17) is 5.11 Å². The van der Waals surface area contributed by atoms with Crippen LogP contribution in [0, 0.1) is 0 Å². The molecule has 5 heteroatoms. The lowest BCUT2D eigenvalue weighted by Gasteiger charge is -2.03. The van der Waals surface area contributed by atoms with E-state index in [1.807, 2.05) is 30.3 Å². The topological polar surface area (TPSA) is 83.0 Å². The summed E-state index contributed by atoms with van der Waals surface area (Å²) in [5.41, 5.74) is 1.09. The molecule has 3 aromatic rings. The quantitative estimate of drug-likeness (QED) is 0.682. The van der Waals surface area contributed by atoms with E-state index in [9.17, 15) is 9.59 Å². The van der Waals surface area contributed by atoms with Gasteiger partial charge in [-0.25, -0.2) is 4.98 Å². The maximum Gasteiger partial charge on any atom is 0.308 e. The maximum absolute atomic E-state index is 11.7. The minimum Gasteiger partial charge on any atom is -0.481 e. The molecule has 2 N–H and O–H groups in total. The van der Waals surface area contributed by atoms with E-state index >= 15 is 0 Å². The first-order valence-electron chi connectivity index (χ1n) is 5.77. The number of fused-ring (bicyclic) bond motifs is 2. The van der Waals surface area contributed by atoms with Crippen LogP contribution in [0.4, 0.5) is 0 Å². The molecule has 0 bridgehead atoms. The Morgan fingerprint density at radius 3 is 2.79 bits per heavy atom. The van der Waals surface area contributed by atoms with Gasteiger partial charge in [-0.15, -0.1) is 0 Å². The van der Waals surface area contributed by atoms with Gasteiger partial charge in [0.05, 0.1) is 11.9 Å². The number of para-hydroxylation sites is 1. The molecule has 19 heavy (non-hydrogen) atoms. The van der Waals surface area contributed by atoms with Gasteiger partial charge < -0.3 is 10.1 Å². The second-order valence-electron chi connectivity index (χ2n) is 4.31. The Hall–Kier alpha value is -2.69. The number of hydrogen-bond donors (Lipinski definition) is 2. The largest absolute Gasteiger partial charge is 0.481 e. The van der Waals surface area contributed by atoms with Gasteiger partial charge in [0.1, 0.15) is 5.65 Å². The average Bonchev–Trinajstić information content (AvgIpc) is 2.37. The first-order valence-corrected chi connectivity index (χ1v) is 5.77. The lowest BCUT2D eigenvalue weighted by molar-refractivity contribution is -0.136. The van der Waals surface area contributed by atoms with Crippen molar-refractivity contribution in [2.75, 3.05) is 0 Å². The van der Waals surface area contributed by atoms with Crippen molar-refractivity contribution in [2.24, 2.45) is 0 Å². The summed E-state index contributed by atoms with van der Waals surface area (Å²) in [6.07, 6.45) is -0.294.